The SMILES string of the molecule is CCC[C@@H](NC(=O)c1ccc([N+](=O)[O-])cc1F)C(=O)O. The molecule has 8 heteroatoms. The second kappa shape index (κ2) is 6.60. The van der Waals surface area contributed by atoms with Crippen LogP contribution in [0.2, 0.25) is 0 Å². The van der Waals surface area contributed by atoms with Gasteiger partial charge in [-0.1, -0.05) is 13.3 Å². The number of amides is 1. The van der Waals surface area contributed by atoms with Crippen LogP contribution in [0.3, 0.4) is 0 Å². The van der Waals surface area contributed by atoms with Crippen LogP contribution in [-0.2, 0) is 4.79 Å². The smallest absolute Gasteiger partial charge is 0.326 e. The van der Waals surface area contributed by atoms with Crippen molar-refractivity contribution in [3.8, 4) is 0 Å². The normalized spacial score (nSPS) is 11.7. The van der Waals surface area contributed by atoms with E-state index in [0.717, 1.165) is 12.1 Å². The van der Waals surface area contributed by atoms with Crippen molar-refractivity contribution >= 4 is 17.6 Å². The van der Waals surface area contributed by atoms with Crippen LogP contribution in [0.1, 0.15) is 30.1 Å². The van der Waals surface area contributed by atoms with Gasteiger partial charge >= 0.3 is 5.97 Å². The first-order valence-corrected chi connectivity index (χ1v) is 5.84. The number of aliphatic carboxylic acids is 1. The van der Waals surface area contributed by atoms with E-state index in [1.165, 1.54) is 0 Å². The van der Waals surface area contributed by atoms with Crippen LogP contribution in [0.4, 0.5) is 10.1 Å². The number of carboxylic acids is 1. The fraction of sp³-hybridized carbons (Fsp3) is 0.333. The van der Waals surface area contributed by atoms with Crippen molar-refractivity contribution in [2.75, 3.05) is 0 Å². The average Bonchev–Trinajstić information content (AvgIpc) is 2.37. The molecule has 1 aromatic rings. The molecule has 2 N–H and O–H groups in total. The maximum absolute atomic E-state index is 13.6. The number of nitrogens with one attached hydrogen (secondary N) is 1. The molecule has 1 atom stereocenters. The molecule has 1 aromatic carbocycles. The van der Waals surface area contributed by atoms with Crippen LogP contribution >= 0.6 is 0 Å². The molecule has 0 saturated heterocycles. The number of halogens is 1. The molecule has 108 valence electrons. The quantitative estimate of drug-likeness (QED) is 0.610. The van der Waals surface area contributed by atoms with Gasteiger partial charge in [-0.25, -0.2) is 9.18 Å². The van der Waals surface area contributed by atoms with Crippen LogP contribution in [-0.4, -0.2) is 27.9 Å². The second-order valence-corrected chi connectivity index (χ2v) is 4.07. The fourth-order valence-electron chi connectivity index (χ4n) is 1.58. The standard InChI is InChI=1S/C12H13FN2O5/c1-2-3-10(12(17)18)14-11(16)8-5-4-7(15(19)20)6-9(8)13/h4-6,10H,2-3H2,1H3,(H,14,16)(H,17,18)/t10-/m1/s1. The molecule has 0 fully saturated rings. The van der Waals surface area contributed by atoms with Crippen molar-refractivity contribution in [2.24, 2.45) is 0 Å². The molecule has 0 spiro atoms. The third-order valence-corrected chi connectivity index (χ3v) is 2.59. The molecule has 0 radical (unpaired) electrons. The van der Waals surface area contributed by atoms with Crippen molar-refractivity contribution in [1.29, 1.82) is 0 Å². The Morgan fingerprint density at radius 2 is 2.15 bits per heavy atom. The predicted molar refractivity (Wildman–Crippen MR) is 66.9 cm³/mol. The Kier molecular flexibility index (Phi) is 5.13. The van der Waals surface area contributed by atoms with E-state index < -0.39 is 39.9 Å². The lowest BCUT2D eigenvalue weighted by Crippen LogP contribution is -2.40. The van der Waals surface area contributed by atoms with Gasteiger partial charge in [0.25, 0.3) is 11.6 Å². The lowest BCUT2D eigenvalue weighted by atomic mass is 10.1. The maximum atomic E-state index is 13.6. The largest absolute Gasteiger partial charge is 0.480 e. The molecule has 1 amide bonds. The number of non-ortho nitro benzene ring substituents is 1. The summed E-state index contributed by atoms with van der Waals surface area (Å²) in [5, 5.41) is 21.5. The molecule has 7 nitrogen and oxygen atoms in total. The number of nitro benzene ring substituents is 1. The molecule has 0 bridgehead atoms. The van der Waals surface area contributed by atoms with E-state index >= 15 is 0 Å². The predicted octanol–water partition coefficient (Wildman–Crippen LogP) is 1.72. The van der Waals surface area contributed by atoms with Crippen molar-refractivity contribution in [2.45, 2.75) is 25.8 Å². The number of carboxylic acid groups (broad SMARTS) is 1. The average molecular weight is 284 g/mol. The highest BCUT2D eigenvalue weighted by Gasteiger charge is 2.22. The number of rotatable bonds is 6. The van der Waals surface area contributed by atoms with Crippen LogP contribution in [0.5, 0.6) is 0 Å². The number of benzene rings is 1. The van der Waals surface area contributed by atoms with Crippen molar-refractivity contribution in [1.82, 2.24) is 5.32 Å². The Balaban J connectivity index is 2.92. The van der Waals surface area contributed by atoms with E-state index in [-0.39, 0.29) is 6.42 Å². The molecule has 20 heavy (non-hydrogen) atoms. The van der Waals surface area contributed by atoms with Crippen LogP contribution in [0.15, 0.2) is 18.2 Å². The molecule has 0 aliphatic carbocycles. The highest BCUT2D eigenvalue weighted by molar-refractivity contribution is 5.97. The van der Waals surface area contributed by atoms with Gasteiger partial charge in [0.05, 0.1) is 16.6 Å². The highest BCUT2D eigenvalue weighted by Crippen LogP contribution is 2.16. The summed E-state index contributed by atoms with van der Waals surface area (Å²) in [5.41, 5.74) is -0.916. The first-order valence-electron chi connectivity index (χ1n) is 5.84. The van der Waals surface area contributed by atoms with Gasteiger partial charge in [0, 0.05) is 6.07 Å². The number of nitro groups is 1. The summed E-state index contributed by atoms with van der Waals surface area (Å²) in [5.74, 6) is -3.21. The summed E-state index contributed by atoms with van der Waals surface area (Å²) in [4.78, 5) is 32.3. The Morgan fingerprint density at radius 3 is 2.60 bits per heavy atom. The summed E-state index contributed by atoms with van der Waals surface area (Å²) in [6.45, 7) is 1.74. The number of hydrogen-bond acceptors (Lipinski definition) is 4. The van der Waals surface area contributed by atoms with E-state index in [1.807, 2.05) is 0 Å². The maximum Gasteiger partial charge on any atom is 0.326 e. The monoisotopic (exact) mass is 284 g/mol. The summed E-state index contributed by atoms with van der Waals surface area (Å²) in [6.07, 6.45) is 0.732. The topological polar surface area (TPSA) is 110 Å². The van der Waals surface area contributed by atoms with Crippen LogP contribution in [0, 0.1) is 15.9 Å². The van der Waals surface area contributed by atoms with Gasteiger partial charge in [-0.05, 0) is 12.5 Å². The zero-order chi connectivity index (χ0) is 15.3. The van der Waals surface area contributed by atoms with Crippen LogP contribution in [0.25, 0.3) is 0 Å². The summed E-state index contributed by atoms with van der Waals surface area (Å²) >= 11 is 0. The lowest BCUT2D eigenvalue weighted by Gasteiger charge is -2.13. The Labute approximate surface area is 113 Å². The zero-order valence-corrected chi connectivity index (χ0v) is 10.6. The van der Waals surface area contributed by atoms with E-state index in [4.69, 9.17) is 5.11 Å². The lowest BCUT2D eigenvalue weighted by molar-refractivity contribution is -0.385. The third-order valence-electron chi connectivity index (χ3n) is 2.59. The highest BCUT2D eigenvalue weighted by atomic mass is 19.1. The molecular formula is C12H13FN2O5. The number of carbonyl (C=O) groups excluding carboxylic acids is 1. The zero-order valence-electron chi connectivity index (χ0n) is 10.6. The molecule has 1 rings (SSSR count). The molecular weight excluding hydrogens is 271 g/mol. The second-order valence-electron chi connectivity index (χ2n) is 4.07. The van der Waals surface area contributed by atoms with Gasteiger partial charge in [-0.2, -0.15) is 0 Å². The minimum Gasteiger partial charge on any atom is -0.480 e. The van der Waals surface area contributed by atoms with Gasteiger partial charge in [0.2, 0.25) is 0 Å². The van der Waals surface area contributed by atoms with Crippen molar-refractivity contribution in [3.05, 3.63) is 39.7 Å². The van der Waals surface area contributed by atoms with Gasteiger partial charge in [-0.3, -0.25) is 14.9 Å². The Hall–Kier alpha value is -2.51. The molecule has 0 aromatic heterocycles. The number of carbonyl (C=O) groups is 2. The summed E-state index contributed by atoms with van der Waals surface area (Å²) in [7, 11) is 0. The van der Waals surface area contributed by atoms with Crippen molar-refractivity contribution in [3.63, 3.8) is 0 Å². The summed E-state index contributed by atoms with van der Waals surface area (Å²) < 4.78 is 13.6. The first kappa shape index (κ1) is 15.5. The molecule has 0 unspecified atom stereocenters. The molecule has 0 heterocycles. The first-order chi connectivity index (χ1) is 9.36. The van der Waals surface area contributed by atoms with Crippen molar-refractivity contribution < 1.29 is 24.0 Å². The van der Waals surface area contributed by atoms with Crippen LogP contribution < -0.4 is 5.32 Å². The minimum atomic E-state index is -1.22. The molecule has 0 aliphatic rings. The Bertz CT molecular complexity index is 547. The third kappa shape index (κ3) is 3.74. The van der Waals surface area contributed by atoms with E-state index in [9.17, 15) is 24.1 Å². The molecule has 0 aliphatic heterocycles. The van der Waals surface area contributed by atoms with E-state index in [0.29, 0.717) is 12.5 Å². The number of hydrogen-bond donors (Lipinski definition) is 2. The van der Waals surface area contributed by atoms with Gasteiger partial charge in [0.1, 0.15) is 11.9 Å². The van der Waals surface area contributed by atoms with Gasteiger partial charge in [-0.15, -0.1) is 0 Å². The van der Waals surface area contributed by atoms with E-state index in [2.05, 4.69) is 5.32 Å². The van der Waals surface area contributed by atoms with Gasteiger partial charge in [0.15, 0.2) is 0 Å². The number of nitrogens with zero attached hydrogens (tertiary/aromatic N) is 1. The Morgan fingerprint density at radius 1 is 1.50 bits per heavy atom. The molecule has 0 saturated carbocycles. The fourth-order valence-corrected chi connectivity index (χ4v) is 1.58. The summed E-state index contributed by atoms with van der Waals surface area (Å²) in [6, 6.07) is 1.42. The van der Waals surface area contributed by atoms with Gasteiger partial charge < -0.3 is 10.4 Å². The van der Waals surface area contributed by atoms with E-state index in [1.54, 1.807) is 6.92 Å². The minimum absolute atomic E-state index is 0.204.